The molecule has 0 radical (unpaired) electrons. The van der Waals surface area contributed by atoms with E-state index in [2.05, 4.69) is 53.4 Å². The van der Waals surface area contributed by atoms with Crippen LogP contribution in [0.3, 0.4) is 0 Å². The summed E-state index contributed by atoms with van der Waals surface area (Å²) in [6.07, 6.45) is 1.74. The van der Waals surface area contributed by atoms with Crippen LogP contribution in [0.5, 0.6) is 0 Å². The lowest BCUT2D eigenvalue weighted by molar-refractivity contribution is 0.176. The molecule has 180 valence electrons. The third-order valence-corrected chi connectivity index (χ3v) is 6.78. The molecule has 6 nitrogen and oxygen atoms in total. The number of aliphatic hydroxyl groups excluding tert-OH is 1. The molecule has 1 aliphatic rings. The number of carbonyl (C=O) groups is 1. The normalized spacial score (nSPS) is 15.8. The topological polar surface area (TPSA) is 81.2 Å². The van der Waals surface area contributed by atoms with Crippen molar-refractivity contribution in [3.63, 3.8) is 0 Å². The maximum atomic E-state index is 14.7. The van der Waals surface area contributed by atoms with Crippen molar-refractivity contribution in [2.75, 3.05) is 18.4 Å². The van der Waals surface area contributed by atoms with E-state index in [4.69, 9.17) is 0 Å². The zero-order chi connectivity index (χ0) is 24.7. The summed E-state index contributed by atoms with van der Waals surface area (Å²) in [6.45, 7) is 6.96. The lowest BCUT2D eigenvalue weighted by Gasteiger charge is -2.19. The highest BCUT2D eigenvalue weighted by Crippen LogP contribution is 2.36. The predicted molar refractivity (Wildman–Crippen MR) is 137 cm³/mol. The lowest BCUT2D eigenvalue weighted by Crippen LogP contribution is -2.33. The van der Waals surface area contributed by atoms with Crippen molar-refractivity contribution in [1.29, 1.82) is 0 Å². The number of likely N-dealkylation sites (tertiary alicyclic amines) is 1. The molecule has 0 saturated carbocycles. The smallest absolute Gasteiger partial charge is 0.321 e. The minimum atomic E-state index is -0.514. The van der Waals surface area contributed by atoms with Gasteiger partial charge in [-0.3, -0.25) is 0 Å². The van der Waals surface area contributed by atoms with Crippen LogP contribution in [0.2, 0.25) is 0 Å². The number of aromatic nitrogens is 2. The van der Waals surface area contributed by atoms with Crippen LogP contribution in [0.15, 0.2) is 54.7 Å². The molecule has 3 heterocycles. The first-order valence-electron chi connectivity index (χ1n) is 11.9. The number of anilines is 1. The third kappa shape index (κ3) is 4.51. The molecular formula is C28H29FN4O2. The number of β-amino-alcohol motifs (C(OH)–C–C–N with tert-alkyl or cyclic N) is 1. The van der Waals surface area contributed by atoms with Crippen LogP contribution in [-0.2, 0) is 0 Å². The van der Waals surface area contributed by atoms with Crippen LogP contribution >= 0.6 is 0 Å². The molecule has 1 unspecified atom stereocenters. The molecule has 2 aromatic carbocycles. The van der Waals surface area contributed by atoms with Crippen molar-refractivity contribution in [2.45, 2.75) is 39.2 Å². The van der Waals surface area contributed by atoms with Crippen LogP contribution in [0, 0.1) is 12.7 Å². The van der Waals surface area contributed by atoms with Crippen LogP contribution in [-0.4, -0.2) is 45.2 Å². The molecule has 1 atom stereocenters. The molecule has 0 aliphatic carbocycles. The van der Waals surface area contributed by atoms with Gasteiger partial charge in [0.05, 0.1) is 6.10 Å². The number of benzene rings is 2. The second kappa shape index (κ2) is 9.15. The van der Waals surface area contributed by atoms with Gasteiger partial charge in [-0.25, -0.2) is 14.2 Å². The molecule has 2 aromatic heterocycles. The molecule has 7 heteroatoms. The highest BCUT2D eigenvalue weighted by Gasteiger charge is 2.25. The van der Waals surface area contributed by atoms with E-state index < -0.39 is 11.9 Å². The van der Waals surface area contributed by atoms with Gasteiger partial charge in [-0.15, -0.1) is 0 Å². The highest BCUT2D eigenvalue weighted by molar-refractivity contribution is 5.99. The summed E-state index contributed by atoms with van der Waals surface area (Å²) in [6, 6.07) is 14.8. The van der Waals surface area contributed by atoms with Crippen LogP contribution in [0.4, 0.5) is 14.9 Å². The first kappa shape index (κ1) is 23.1. The number of fused-ring (bicyclic) bond motifs is 1. The van der Waals surface area contributed by atoms with E-state index in [0.29, 0.717) is 35.8 Å². The molecule has 2 amide bonds. The van der Waals surface area contributed by atoms with Crippen molar-refractivity contribution >= 4 is 22.8 Å². The zero-order valence-corrected chi connectivity index (χ0v) is 20.1. The fraction of sp³-hybridized carbons (Fsp3) is 0.286. The first-order chi connectivity index (χ1) is 16.8. The van der Waals surface area contributed by atoms with Crippen LogP contribution < -0.4 is 5.32 Å². The summed E-state index contributed by atoms with van der Waals surface area (Å²) >= 11 is 0. The Morgan fingerprint density at radius 1 is 1.17 bits per heavy atom. The SMILES string of the molecule is Cc1c(NC(=O)N2CCC(O)C2)cc(F)cc1-c1ccnc2[nH]c(-c3ccc(C(C)C)cc3)cc12. The van der Waals surface area contributed by atoms with Gasteiger partial charge in [0, 0.05) is 36.1 Å². The second-order valence-corrected chi connectivity index (χ2v) is 9.53. The summed E-state index contributed by atoms with van der Waals surface area (Å²) in [5.41, 5.74) is 6.67. The number of nitrogens with zero attached hydrogens (tertiary/aromatic N) is 2. The molecular weight excluding hydrogens is 443 g/mol. The Labute approximate surface area is 203 Å². The van der Waals surface area contributed by atoms with Gasteiger partial charge in [-0.1, -0.05) is 38.1 Å². The van der Waals surface area contributed by atoms with Gasteiger partial charge in [0.1, 0.15) is 11.5 Å². The molecule has 3 N–H and O–H groups in total. The Morgan fingerprint density at radius 2 is 1.94 bits per heavy atom. The third-order valence-electron chi connectivity index (χ3n) is 6.78. The van der Waals surface area contributed by atoms with Crippen LogP contribution in [0.1, 0.15) is 37.3 Å². The number of nitrogens with one attached hydrogen (secondary N) is 2. The number of hydrogen-bond acceptors (Lipinski definition) is 3. The molecule has 1 fully saturated rings. The van der Waals surface area contributed by atoms with Gasteiger partial charge in [0.2, 0.25) is 0 Å². The van der Waals surface area contributed by atoms with E-state index in [-0.39, 0.29) is 12.6 Å². The molecule has 5 rings (SSSR count). The number of amides is 2. The Kier molecular flexibility index (Phi) is 6.03. The summed E-state index contributed by atoms with van der Waals surface area (Å²) in [4.78, 5) is 22.1. The average Bonchev–Trinajstić information content (AvgIpc) is 3.47. The van der Waals surface area contributed by atoms with Gasteiger partial charge in [0.25, 0.3) is 0 Å². The quantitative estimate of drug-likeness (QED) is 0.337. The lowest BCUT2D eigenvalue weighted by atomic mass is 9.97. The predicted octanol–water partition coefficient (Wildman–Crippen LogP) is 6.07. The maximum Gasteiger partial charge on any atom is 0.321 e. The van der Waals surface area contributed by atoms with E-state index in [1.54, 1.807) is 11.1 Å². The number of aliphatic hydroxyl groups is 1. The summed E-state index contributed by atoms with van der Waals surface area (Å²) in [7, 11) is 0. The summed E-state index contributed by atoms with van der Waals surface area (Å²) in [5.74, 6) is 0.0218. The van der Waals surface area contributed by atoms with Gasteiger partial charge < -0.3 is 20.3 Å². The standard InChI is InChI=1S/C28H29FN4O2/c1-16(2)18-4-6-19(7-5-18)26-14-24-22(8-10-30-27(24)31-26)23-12-20(29)13-25(17(23)3)32-28(35)33-11-9-21(34)15-33/h4-8,10,12-14,16,21,34H,9,11,15H2,1-3H3,(H,30,31)(H,32,35). The van der Waals surface area contributed by atoms with Crippen molar-refractivity contribution in [1.82, 2.24) is 14.9 Å². The van der Waals surface area contributed by atoms with E-state index in [0.717, 1.165) is 27.8 Å². The maximum absolute atomic E-state index is 14.7. The molecule has 35 heavy (non-hydrogen) atoms. The largest absolute Gasteiger partial charge is 0.391 e. The number of halogens is 1. The summed E-state index contributed by atoms with van der Waals surface area (Å²) < 4.78 is 14.7. The Morgan fingerprint density at radius 3 is 2.63 bits per heavy atom. The Balaban J connectivity index is 1.52. The molecule has 1 saturated heterocycles. The molecule has 1 aliphatic heterocycles. The van der Waals surface area contributed by atoms with Gasteiger partial charge in [0.15, 0.2) is 0 Å². The molecule has 4 aromatic rings. The first-order valence-corrected chi connectivity index (χ1v) is 11.9. The number of urea groups is 1. The fourth-order valence-electron chi connectivity index (χ4n) is 4.67. The van der Waals surface area contributed by atoms with Crippen LogP contribution in [0.25, 0.3) is 33.4 Å². The van der Waals surface area contributed by atoms with E-state index in [9.17, 15) is 14.3 Å². The fourth-order valence-corrected chi connectivity index (χ4v) is 4.67. The van der Waals surface area contributed by atoms with E-state index >= 15 is 0 Å². The van der Waals surface area contributed by atoms with Gasteiger partial charge in [-0.05, 0) is 71.3 Å². The average molecular weight is 473 g/mol. The van der Waals surface area contributed by atoms with Gasteiger partial charge in [-0.2, -0.15) is 0 Å². The van der Waals surface area contributed by atoms with Crippen molar-refractivity contribution in [2.24, 2.45) is 0 Å². The molecule has 0 spiro atoms. The molecule has 0 bridgehead atoms. The monoisotopic (exact) mass is 472 g/mol. The number of H-pyrrole nitrogens is 1. The second-order valence-electron chi connectivity index (χ2n) is 9.53. The number of hydrogen-bond donors (Lipinski definition) is 3. The van der Waals surface area contributed by atoms with Crippen molar-refractivity contribution in [3.8, 4) is 22.4 Å². The number of aromatic amines is 1. The Hall–Kier alpha value is -3.71. The Bertz CT molecular complexity index is 1390. The van der Waals surface area contributed by atoms with E-state index in [1.807, 2.05) is 19.1 Å². The van der Waals surface area contributed by atoms with E-state index in [1.165, 1.54) is 17.7 Å². The number of rotatable bonds is 4. The van der Waals surface area contributed by atoms with Crippen molar-refractivity contribution in [3.05, 3.63) is 71.7 Å². The summed E-state index contributed by atoms with van der Waals surface area (Å²) in [5, 5.41) is 13.4. The minimum absolute atomic E-state index is 0.280. The number of pyridine rings is 1. The van der Waals surface area contributed by atoms with Gasteiger partial charge >= 0.3 is 6.03 Å². The highest BCUT2D eigenvalue weighted by atomic mass is 19.1. The minimum Gasteiger partial charge on any atom is -0.391 e. The number of carbonyl (C=O) groups excluding carboxylic acids is 1. The van der Waals surface area contributed by atoms with Crippen molar-refractivity contribution < 1.29 is 14.3 Å². The zero-order valence-electron chi connectivity index (χ0n) is 20.1.